The van der Waals surface area contributed by atoms with Crippen LogP contribution in [-0.2, 0) is 6.54 Å². The van der Waals surface area contributed by atoms with Crippen LogP contribution >= 0.6 is 11.6 Å². The SMILES string of the molecule is CN(C)CC(C)(C)CNC(=O)c1ccc2[nH]c(-c3ccc(Cl)c4c3C(=O)NC4)cc2c1. The molecule has 3 aromatic rings. The van der Waals surface area contributed by atoms with E-state index in [1.807, 2.05) is 50.5 Å². The van der Waals surface area contributed by atoms with E-state index in [2.05, 4.69) is 34.4 Å². The predicted molar refractivity (Wildman–Crippen MR) is 125 cm³/mol. The summed E-state index contributed by atoms with van der Waals surface area (Å²) in [5, 5.41) is 7.39. The van der Waals surface area contributed by atoms with Crippen molar-refractivity contribution in [3.63, 3.8) is 0 Å². The summed E-state index contributed by atoms with van der Waals surface area (Å²) in [4.78, 5) is 30.6. The molecule has 0 atom stereocenters. The summed E-state index contributed by atoms with van der Waals surface area (Å²) in [6.07, 6.45) is 0. The van der Waals surface area contributed by atoms with Crippen LogP contribution < -0.4 is 10.6 Å². The van der Waals surface area contributed by atoms with Gasteiger partial charge in [-0.2, -0.15) is 0 Å². The van der Waals surface area contributed by atoms with E-state index in [0.717, 1.165) is 34.3 Å². The maximum absolute atomic E-state index is 12.7. The topological polar surface area (TPSA) is 77.2 Å². The van der Waals surface area contributed by atoms with Crippen molar-refractivity contribution >= 4 is 34.3 Å². The molecule has 3 N–H and O–H groups in total. The Morgan fingerprint density at radius 3 is 2.71 bits per heavy atom. The Morgan fingerprint density at radius 1 is 1.19 bits per heavy atom. The molecular formula is C24H27ClN4O2. The highest BCUT2D eigenvalue weighted by Gasteiger charge is 2.26. The van der Waals surface area contributed by atoms with Gasteiger partial charge >= 0.3 is 0 Å². The average Bonchev–Trinajstić information content (AvgIpc) is 3.29. The lowest BCUT2D eigenvalue weighted by Gasteiger charge is -2.28. The minimum Gasteiger partial charge on any atom is -0.355 e. The van der Waals surface area contributed by atoms with Gasteiger partial charge in [0.25, 0.3) is 11.8 Å². The zero-order valence-electron chi connectivity index (χ0n) is 18.2. The van der Waals surface area contributed by atoms with Crippen molar-refractivity contribution in [2.75, 3.05) is 27.2 Å². The zero-order chi connectivity index (χ0) is 22.3. The Bertz CT molecular complexity index is 1180. The molecule has 0 unspecified atom stereocenters. The van der Waals surface area contributed by atoms with Crippen LogP contribution in [0.2, 0.25) is 5.02 Å². The summed E-state index contributed by atoms with van der Waals surface area (Å²) in [6.45, 7) is 6.18. The van der Waals surface area contributed by atoms with Gasteiger partial charge in [-0.25, -0.2) is 0 Å². The van der Waals surface area contributed by atoms with E-state index >= 15 is 0 Å². The number of H-pyrrole nitrogens is 1. The number of hydrogen-bond acceptors (Lipinski definition) is 3. The van der Waals surface area contributed by atoms with Gasteiger partial charge in [-0.05, 0) is 49.8 Å². The molecule has 0 spiro atoms. The van der Waals surface area contributed by atoms with Crippen LogP contribution in [0.4, 0.5) is 0 Å². The molecule has 1 aromatic heterocycles. The highest BCUT2D eigenvalue weighted by molar-refractivity contribution is 6.32. The lowest BCUT2D eigenvalue weighted by Crippen LogP contribution is -2.39. The molecule has 0 radical (unpaired) electrons. The predicted octanol–water partition coefficient (Wildman–Crippen LogP) is 4.05. The number of halogens is 1. The smallest absolute Gasteiger partial charge is 0.252 e. The largest absolute Gasteiger partial charge is 0.355 e. The third kappa shape index (κ3) is 4.31. The summed E-state index contributed by atoms with van der Waals surface area (Å²) in [6, 6.07) is 11.2. The van der Waals surface area contributed by atoms with Gasteiger partial charge in [-0.1, -0.05) is 31.5 Å². The van der Waals surface area contributed by atoms with E-state index in [9.17, 15) is 9.59 Å². The maximum atomic E-state index is 12.7. The molecule has 0 saturated carbocycles. The molecule has 0 bridgehead atoms. The van der Waals surface area contributed by atoms with Crippen molar-refractivity contribution in [3.05, 3.63) is 58.1 Å². The van der Waals surface area contributed by atoms with Crippen molar-refractivity contribution in [2.45, 2.75) is 20.4 Å². The van der Waals surface area contributed by atoms with Crippen molar-refractivity contribution < 1.29 is 9.59 Å². The number of carbonyl (C=O) groups excluding carboxylic acids is 2. The third-order valence-corrected chi connectivity index (χ3v) is 5.91. The fraction of sp³-hybridized carbons (Fsp3) is 0.333. The Labute approximate surface area is 187 Å². The van der Waals surface area contributed by atoms with E-state index in [1.54, 1.807) is 0 Å². The molecular weight excluding hydrogens is 412 g/mol. The maximum Gasteiger partial charge on any atom is 0.252 e. The molecule has 2 aromatic carbocycles. The average molecular weight is 439 g/mol. The summed E-state index contributed by atoms with van der Waals surface area (Å²) in [7, 11) is 4.06. The number of amides is 2. The second-order valence-electron chi connectivity index (χ2n) is 9.20. The van der Waals surface area contributed by atoms with Crippen LogP contribution in [0, 0.1) is 5.41 Å². The van der Waals surface area contributed by atoms with Gasteiger partial charge in [0, 0.05) is 57.9 Å². The standard InChI is InChI=1S/C24H27ClN4O2/c1-24(2,13-29(3)4)12-27-22(30)14-5-8-19-15(9-14)10-20(28-19)16-6-7-18(25)17-11-26-23(31)21(16)17/h5-10,28H,11-13H2,1-4H3,(H,26,31)(H,27,30). The van der Waals surface area contributed by atoms with E-state index in [0.29, 0.717) is 29.2 Å². The highest BCUT2D eigenvalue weighted by atomic mass is 35.5. The first-order valence-corrected chi connectivity index (χ1v) is 10.7. The molecule has 7 heteroatoms. The first kappa shape index (κ1) is 21.4. The van der Waals surface area contributed by atoms with E-state index in [4.69, 9.17) is 11.6 Å². The molecule has 0 fully saturated rings. The highest BCUT2D eigenvalue weighted by Crippen LogP contribution is 2.34. The molecule has 1 aliphatic heterocycles. The Balaban J connectivity index is 1.59. The van der Waals surface area contributed by atoms with Crippen LogP contribution in [0.15, 0.2) is 36.4 Å². The number of fused-ring (bicyclic) bond motifs is 2. The Kier molecular flexibility index (Phi) is 5.54. The summed E-state index contributed by atoms with van der Waals surface area (Å²) >= 11 is 6.27. The Hall–Kier alpha value is -2.83. The van der Waals surface area contributed by atoms with Crippen molar-refractivity contribution in [2.24, 2.45) is 5.41 Å². The zero-order valence-corrected chi connectivity index (χ0v) is 19.0. The minimum atomic E-state index is -0.119. The number of nitrogens with one attached hydrogen (secondary N) is 3. The molecule has 0 saturated heterocycles. The van der Waals surface area contributed by atoms with E-state index < -0.39 is 0 Å². The number of aromatic nitrogens is 1. The molecule has 2 amide bonds. The molecule has 6 nitrogen and oxygen atoms in total. The number of carbonyl (C=O) groups is 2. The van der Waals surface area contributed by atoms with Crippen LogP contribution in [0.5, 0.6) is 0 Å². The van der Waals surface area contributed by atoms with Gasteiger partial charge in [0.2, 0.25) is 0 Å². The first-order valence-electron chi connectivity index (χ1n) is 10.3. The fourth-order valence-electron chi connectivity index (χ4n) is 4.29. The fourth-order valence-corrected chi connectivity index (χ4v) is 4.51. The molecule has 31 heavy (non-hydrogen) atoms. The number of nitrogens with zero attached hydrogens (tertiary/aromatic N) is 1. The second-order valence-corrected chi connectivity index (χ2v) is 9.61. The third-order valence-electron chi connectivity index (χ3n) is 5.55. The number of benzene rings is 2. The summed E-state index contributed by atoms with van der Waals surface area (Å²) in [5.74, 6) is -0.213. The molecule has 4 rings (SSSR count). The number of rotatable bonds is 6. The lowest BCUT2D eigenvalue weighted by molar-refractivity contribution is 0.0928. The van der Waals surface area contributed by atoms with Crippen molar-refractivity contribution in [3.8, 4) is 11.3 Å². The molecule has 2 heterocycles. The van der Waals surface area contributed by atoms with Gasteiger partial charge in [0.05, 0.1) is 5.56 Å². The van der Waals surface area contributed by atoms with Gasteiger partial charge in [0.15, 0.2) is 0 Å². The first-order chi connectivity index (χ1) is 14.6. The van der Waals surface area contributed by atoms with Crippen LogP contribution in [0.3, 0.4) is 0 Å². The lowest BCUT2D eigenvalue weighted by atomic mass is 9.93. The van der Waals surface area contributed by atoms with E-state index in [1.165, 1.54) is 0 Å². The van der Waals surface area contributed by atoms with Crippen molar-refractivity contribution in [1.82, 2.24) is 20.5 Å². The number of hydrogen-bond donors (Lipinski definition) is 3. The van der Waals surface area contributed by atoms with Gasteiger partial charge < -0.3 is 20.5 Å². The normalized spacial score (nSPS) is 13.5. The van der Waals surface area contributed by atoms with Crippen LogP contribution in [0.25, 0.3) is 22.2 Å². The minimum absolute atomic E-state index is 0.0277. The monoisotopic (exact) mass is 438 g/mol. The van der Waals surface area contributed by atoms with Crippen LogP contribution in [0.1, 0.15) is 40.1 Å². The number of aromatic amines is 1. The molecule has 0 aliphatic carbocycles. The second kappa shape index (κ2) is 8.02. The Morgan fingerprint density at radius 2 is 1.97 bits per heavy atom. The van der Waals surface area contributed by atoms with Gasteiger partial charge in [-0.15, -0.1) is 0 Å². The van der Waals surface area contributed by atoms with Crippen molar-refractivity contribution in [1.29, 1.82) is 0 Å². The van der Waals surface area contributed by atoms with E-state index in [-0.39, 0.29) is 17.2 Å². The summed E-state index contributed by atoms with van der Waals surface area (Å²) in [5.41, 5.74) is 4.55. The molecule has 162 valence electrons. The molecule has 1 aliphatic rings. The van der Waals surface area contributed by atoms with Crippen LogP contribution in [-0.4, -0.2) is 48.9 Å². The van der Waals surface area contributed by atoms with Gasteiger partial charge in [-0.3, -0.25) is 9.59 Å². The summed E-state index contributed by atoms with van der Waals surface area (Å²) < 4.78 is 0. The van der Waals surface area contributed by atoms with Gasteiger partial charge in [0.1, 0.15) is 0 Å². The quantitative estimate of drug-likeness (QED) is 0.543.